The maximum atomic E-state index is 6.57. The third-order valence-electron chi connectivity index (χ3n) is 5.13. The molecule has 0 aromatic carbocycles. The maximum Gasteiger partial charge on any atom is 0.0810 e. The molecule has 2 saturated carbocycles. The molecule has 1 saturated heterocycles. The van der Waals surface area contributed by atoms with Gasteiger partial charge in [-0.05, 0) is 31.6 Å². The molecular formula is C15H27NO. The largest absolute Gasteiger partial charge is 0.369 e. The molecule has 2 heteroatoms. The molecule has 2 aliphatic carbocycles. The Bertz CT molecular complexity index is 239. The van der Waals surface area contributed by atoms with Gasteiger partial charge < -0.3 is 10.1 Å². The highest BCUT2D eigenvalue weighted by atomic mass is 16.5. The Morgan fingerprint density at radius 1 is 0.882 bits per heavy atom. The minimum atomic E-state index is 0.231. The van der Waals surface area contributed by atoms with Gasteiger partial charge in [-0.15, -0.1) is 0 Å². The van der Waals surface area contributed by atoms with Crippen molar-refractivity contribution in [2.45, 2.75) is 75.9 Å². The van der Waals surface area contributed by atoms with E-state index in [1.807, 2.05) is 0 Å². The minimum Gasteiger partial charge on any atom is -0.369 e. The van der Waals surface area contributed by atoms with E-state index in [2.05, 4.69) is 5.32 Å². The van der Waals surface area contributed by atoms with Crippen LogP contribution in [0, 0.1) is 5.92 Å². The highest BCUT2D eigenvalue weighted by Gasteiger charge is 2.41. The summed E-state index contributed by atoms with van der Waals surface area (Å²) in [6.45, 7) is 2.21. The minimum absolute atomic E-state index is 0.231. The first kappa shape index (κ1) is 12.0. The molecule has 1 spiro atoms. The zero-order valence-electron chi connectivity index (χ0n) is 11.0. The molecule has 2 nitrogen and oxygen atoms in total. The molecule has 0 aromatic rings. The van der Waals surface area contributed by atoms with Gasteiger partial charge in [-0.25, -0.2) is 0 Å². The first-order chi connectivity index (χ1) is 8.38. The molecule has 0 aromatic heterocycles. The zero-order chi connectivity index (χ0) is 11.6. The molecule has 3 fully saturated rings. The molecule has 3 aliphatic rings. The van der Waals surface area contributed by atoms with Gasteiger partial charge in [0.05, 0.1) is 11.7 Å². The Hall–Kier alpha value is -0.0800. The van der Waals surface area contributed by atoms with E-state index in [1.165, 1.54) is 64.2 Å². The second-order valence-corrected chi connectivity index (χ2v) is 6.43. The van der Waals surface area contributed by atoms with E-state index in [0.717, 1.165) is 19.0 Å². The van der Waals surface area contributed by atoms with Crippen molar-refractivity contribution in [3.63, 3.8) is 0 Å². The summed E-state index contributed by atoms with van der Waals surface area (Å²) in [5.41, 5.74) is 0.231. The topological polar surface area (TPSA) is 21.3 Å². The summed E-state index contributed by atoms with van der Waals surface area (Å²) >= 11 is 0. The maximum absolute atomic E-state index is 6.57. The second-order valence-electron chi connectivity index (χ2n) is 6.43. The smallest absolute Gasteiger partial charge is 0.0810 e. The van der Waals surface area contributed by atoms with E-state index in [0.29, 0.717) is 6.10 Å². The van der Waals surface area contributed by atoms with Crippen LogP contribution < -0.4 is 5.32 Å². The zero-order valence-corrected chi connectivity index (χ0v) is 11.0. The molecule has 0 radical (unpaired) electrons. The third-order valence-corrected chi connectivity index (χ3v) is 5.13. The van der Waals surface area contributed by atoms with Gasteiger partial charge in [0.15, 0.2) is 0 Å². The van der Waals surface area contributed by atoms with Crippen molar-refractivity contribution in [1.29, 1.82) is 0 Å². The van der Waals surface area contributed by atoms with Crippen LogP contribution in [-0.4, -0.2) is 24.8 Å². The first-order valence-electron chi connectivity index (χ1n) is 7.77. The van der Waals surface area contributed by atoms with Crippen LogP contribution in [0.1, 0.15) is 64.2 Å². The fourth-order valence-corrected chi connectivity index (χ4v) is 4.11. The lowest BCUT2D eigenvalue weighted by atomic mass is 9.90. The van der Waals surface area contributed by atoms with Crippen LogP contribution in [0.25, 0.3) is 0 Å². The van der Waals surface area contributed by atoms with E-state index < -0.39 is 0 Å². The number of nitrogens with one attached hydrogen (secondary N) is 1. The Balaban J connectivity index is 1.62. The number of morpholine rings is 1. The first-order valence-corrected chi connectivity index (χ1v) is 7.77. The molecule has 17 heavy (non-hydrogen) atoms. The summed E-state index contributed by atoms with van der Waals surface area (Å²) in [6, 6.07) is 0. The summed E-state index contributed by atoms with van der Waals surface area (Å²) in [6.07, 6.45) is 14.4. The van der Waals surface area contributed by atoms with E-state index in [4.69, 9.17) is 4.74 Å². The van der Waals surface area contributed by atoms with Crippen LogP contribution in [0.5, 0.6) is 0 Å². The Kier molecular flexibility index (Phi) is 3.72. The lowest BCUT2D eigenvalue weighted by Gasteiger charge is -2.42. The summed E-state index contributed by atoms with van der Waals surface area (Å²) in [4.78, 5) is 0. The fourth-order valence-electron chi connectivity index (χ4n) is 4.11. The number of hydrogen-bond donors (Lipinski definition) is 1. The van der Waals surface area contributed by atoms with Crippen LogP contribution in [0.15, 0.2) is 0 Å². The Morgan fingerprint density at radius 3 is 2.29 bits per heavy atom. The second kappa shape index (κ2) is 5.27. The number of rotatable bonds is 1. The van der Waals surface area contributed by atoms with Crippen molar-refractivity contribution in [2.24, 2.45) is 5.92 Å². The van der Waals surface area contributed by atoms with Gasteiger partial charge >= 0.3 is 0 Å². The van der Waals surface area contributed by atoms with Crippen LogP contribution in [-0.2, 0) is 4.74 Å². The summed E-state index contributed by atoms with van der Waals surface area (Å²) < 4.78 is 6.57. The van der Waals surface area contributed by atoms with Crippen LogP contribution in [0.3, 0.4) is 0 Å². The predicted octanol–water partition coefficient (Wildman–Crippen LogP) is 3.26. The Labute approximate surface area is 105 Å². The molecule has 1 unspecified atom stereocenters. The van der Waals surface area contributed by atoms with E-state index in [9.17, 15) is 0 Å². The average molecular weight is 237 g/mol. The average Bonchev–Trinajstić information content (AvgIpc) is 2.66. The highest BCUT2D eigenvalue weighted by Crippen LogP contribution is 2.38. The lowest BCUT2D eigenvalue weighted by Crippen LogP contribution is -2.54. The molecule has 98 valence electrons. The highest BCUT2D eigenvalue weighted by molar-refractivity contribution is 4.94. The van der Waals surface area contributed by atoms with Gasteiger partial charge in [0.1, 0.15) is 0 Å². The molecule has 0 bridgehead atoms. The van der Waals surface area contributed by atoms with Crippen LogP contribution >= 0.6 is 0 Å². The van der Waals surface area contributed by atoms with Crippen LogP contribution in [0.2, 0.25) is 0 Å². The SMILES string of the molecule is C1CCCC(C2CNCC3(CCCC3)O2)CC1. The van der Waals surface area contributed by atoms with Crippen molar-refractivity contribution < 1.29 is 4.74 Å². The quantitative estimate of drug-likeness (QED) is 0.707. The predicted molar refractivity (Wildman–Crippen MR) is 70.1 cm³/mol. The van der Waals surface area contributed by atoms with Gasteiger partial charge in [-0.1, -0.05) is 38.5 Å². The fraction of sp³-hybridized carbons (Fsp3) is 1.00. The summed E-state index contributed by atoms with van der Waals surface area (Å²) in [5.74, 6) is 0.836. The molecule has 1 atom stereocenters. The lowest BCUT2D eigenvalue weighted by molar-refractivity contribution is -0.134. The van der Waals surface area contributed by atoms with Crippen molar-refractivity contribution >= 4 is 0 Å². The van der Waals surface area contributed by atoms with Crippen molar-refractivity contribution in [1.82, 2.24) is 5.32 Å². The molecule has 1 aliphatic heterocycles. The van der Waals surface area contributed by atoms with Gasteiger partial charge in [-0.2, -0.15) is 0 Å². The van der Waals surface area contributed by atoms with Gasteiger partial charge in [-0.3, -0.25) is 0 Å². The molecule has 1 heterocycles. The van der Waals surface area contributed by atoms with E-state index in [1.54, 1.807) is 0 Å². The van der Waals surface area contributed by atoms with Gasteiger partial charge in [0.2, 0.25) is 0 Å². The van der Waals surface area contributed by atoms with Crippen molar-refractivity contribution in [3.05, 3.63) is 0 Å². The Morgan fingerprint density at radius 2 is 1.59 bits per heavy atom. The summed E-state index contributed by atoms with van der Waals surface area (Å²) in [7, 11) is 0. The van der Waals surface area contributed by atoms with E-state index in [-0.39, 0.29) is 5.60 Å². The van der Waals surface area contributed by atoms with Gasteiger partial charge in [0, 0.05) is 13.1 Å². The van der Waals surface area contributed by atoms with Gasteiger partial charge in [0.25, 0.3) is 0 Å². The monoisotopic (exact) mass is 237 g/mol. The van der Waals surface area contributed by atoms with Crippen molar-refractivity contribution in [3.8, 4) is 0 Å². The normalized spacial score (nSPS) is 34.9. The number of hydrogen-bond acceptors (Lipinski definition) is 2. The summed E-state index contributed by atoms with van der Waals surface area (Å²) in [5, 5.41) is 3.66. The standard InChI is InChI=1S/C15H27NO/c1-2-4-8-13(7-3-1)14-11-16-12-15(17-14)9-5-6-10-15/h13-14,16H,1-12H2. The van der Waals surface area contributed by atoms with Crippen molar-refractivity contribution in [2.75, 3.05) is 13.1 Å². The molecule has 3 rings (SSSR count). The number of ether oxygens (including phenoxy) is 1. The molecular weight excluding hydrogens is 210 g/mol. The molecule has 1 N–H and O–H groups in total. The third kappa shape index (κ3) is 2.68. The van der Waals surface area contributed by atoms with E-state index >= 15 is 0 Å². The van der Waals surface area contributed by atoms with Crippen LogP contribution in [0.4, 0.5) is 0 Å². The molecule has 0 amide bonds.